The first-order valence-corrected chi connectivity index (χ1v) is 7.30. The first-order valence-electron chi connectivity index (χ1n) is 7.30. The summed E-state index contributed by atoms with van der Waals surface area (Å²) >= 11 is 0. The summed E-state index contributed by atoms with van der Waals surface area (Å²) in [6.07, 6.45) is 2.56. The Balaban J connectivity index is 2.10. The van der Waals surface area contributed by atoms with Crippen molar-refractivity contribution in [2.24, 2.45) is 5.73 Å². The van der Waals surface area contributed by atoms with Crippen LogP contribution in [-0.2, 0) is 0 Å². The molecular weight excluding hydrogens is 252 g/mol. The molecule has 0 bridgehead atoms. The summed E-state index contributed by atoms with van der Waals surface area (Å²) in [5, 5.41) is 0. The summed E-state index contributed by atoms with van der Waals surface area (Å²) in [5.74, 6) is 0.946. The lowest BCUT2D eigenvalue weighted by atomic mass is 10.2. The third-order valence-electron chi connectivity index (χ3n) is 3.77. The van der Waals surface area contributed by atoms with Crippen molar-refractivity contribution >= 4 is 11.7 Å². The fourth-order valence-corrected chi connectivity index (χ4v) is 2.63. The van der Waals surface area contributed by atoms with Gasteiger partial charge in [-0.3, -0.25) is 4.79 Å². The maximum Gasteiger partial charge on any atom is 0.255 e. The Bertz CT molecular complexity index is 457. The van der Waals surface area contributed by atoms with Crippen molar-refractivity contribution in [1.82, 2.24) is 9.88 Å². The molecule has 0 spiro atoms. The molecule has 1 fully saturated rings. The quantitative estimate of drug-likeness (QED) is 0.905. The predicted octanol–water partition coefficient (Wildman–Crippen LogP) is 1.49. The second-order valence-electron chi connectivity index (χ2n) is 5.58. The average Bonchev–Trinajstić information content (AvgIpc) is 2.86. The minimum atomic E-state index is 0.0320. The molecule has 1 aromatic rings. The van der Waals surface area contributed by atoms with Crippen LogP contribution in [0.25, 0.3) is 0 Å². The zero-order chi connectivity index (χ0) is 14.7. The molecule has 0 unspecified atom stereocenters. The molecule has 1 atom stereocenters. The fourth-order valence-electron chi connectivity index (χ4n) is 2.63. The van der Waals surface area contributed by atoms with Gasteiger partial charge in [0, 0.05) is 37.9 Å². The maximum absolute atomic E-state index is 12.3. The van der Waals surface area contributed by atoms with Crippen LogP contribution in [0.1, 0.15) is 37.6 Å². The van der Waals surface area contributed by atoms with Gasteiger partial charge in [-0.1, -0.05) is 0 Å². The van der Waals surface area contributed by atoms with E-state index in [1.54, 1.807) is 11.1 Å². The summed E-state index contributed by atoms with van der Waals surface area (Å²) in [6, 6.07) is 4.29. The molecule has 1 aliphatic heterocycles. The molecule has 0 radical (unpaired) electrons. The minimum absolute atomic E-state index is 0.0320. The smallest absolute Gasteiger partial charge is 0.255 e. The SMILES string of the molecule is CCN(c1ccc(C(=O)N2CC[C@H](N)C2)cn1)C(C)C. The number of pyridine rings is 1. The Labute approximate surface area is 120 Å². The van der Waals surface area contributed by atoms with E-state index < -0.39 is 0 Å². The highest BCUT2D eigenvalue weighted by Gasteiger charge is 2.24. The Morgan fingerprint density at radius 3 is 2.75 bits per heavy atom. The molecule has 1 aliphatic rings. The number of likely N-dealkylation sites (tertiary alicyclic amines) is 1. The molecule has 2 rings (SSSR count). The van der Waals surface area contributed by atoms with Crippen molar-refractivity contribution in [3.63, 3.8) is 0 Å². The monoisotopic (exact) mass is 276 g/mol. The average molecular weight is 276 g/mol. The number of nitrogens with zero attached hydrogens (tertiary/aromatic N) is 3. The molecule has 0 saturated carbocycles. The number of nitrogens with two attached hydrogens (primary N) is 1. The highest BCUT2D eigenvalue weighted by molar-refractivity contribution is 5.94. The van der Waals surface area contributed by atoms with Gasteiger partial charge in [-0.2, -0.15) is 0 Å². The number of carbonyl (C=O) groups excluding carboxylic acids is 1. The number of hydrogen-bond donors (Lipinski definition) is 1. The topological polar surface area (TPSA) is 62.5 Å². The van der Waals surface area contributed by atoms with Crippen LogP contribution in [0.3, 0.4) is 0 Å². The van der Waals surface area contributed by atoms with E-state index >= 15 is 0 Å². The van der Waals surface area contributed by atoms with Crippen LogP contribution in [-0.4, -0.2) is 47.5 Å². The summed E-state index contributed by atoms with van der Waals surface area (Å²) in [7, 11) is 0. The molecule has 0 aromatic carbocycles. The number of hydrogen-bond acceptors (Lipinski definition) is 4. The Morgan fingerprint density at radius 1 is 1.55 bits per heavy atom. The van der Waals surface area contributed by atoms with Gasteiger partial charge in [0.15, 0.2) is 0 Å². The molecule has 110 valence electrons. The number of anilines is 1. The molecule has 2 heterocycles. The third kappa shape index (κ3) is 3.10. The van der Waals surface area contributed by atoms with E-state index in [1.165, 1.54) is 0 Å². The van der Waals surface area contributed by atoms with Crippen LogP contribution < -0.4 is 10.6 Å². The molecular formula is C15H24N4O. The van der Waals surface area contributed by atoms with Crippen molar-refractivity contribution in [1.29, 1.82) is 0 Å². The van der Waals surface area contributed by atoms with E-state index in [4.69, 9.17) is 5.73 Å². The number of amides is 1. The largest absolute Gasteiger partial charge is 0.354 e. The van der Waals surface area contributed by atoms with Crippen LogP contribution in [0, 0.1) is 0 Å². The molecule has 2 N–H and O–H groups in total. The Morgan fingerprint density at radius 2 is 2.30 bits per heavy atom. The van der Waals surface area contributed by atoms with Gasteiger partial charge in [-0.15, -0.1) is 0 Å². The Kier molecular flexibility index (Phi) is 4.60. The van der Waals surface area contributed by atoms with Crippen molar-refractivity contribution in [2.45, 2.75) is 39.3 Å². The second kappa shape index (κ2) is 6.22. The van der Waals surface area contributed by atoms with Crippen molar-refractivity contribution in [2.75, 3.05) is 24.5 Å². The number of rotatable bonds is 4. The van der Waals surface area contributed by atoms with Crippen molar-refractivity contribution < 1.29 is 4.79 Å². The summed E-state index contributed by atoms with van der Waals surface area (Å²) in [5.41, 5.74) is 6.48. The van der Waals surface area contributed by atoms with E-state index in [1.807, 2.05) is 12.1 Å². The molecule has 0 aliphatic carbocycles. The van der Waals surface area contributed by atoms with E-state index in [9.17, 15) is 4.79 Å². The summed E-state index contributed by atoms with van der Waals surface area (Å²) in [4.78, 5) is 20.7. The van der Waals surface area contributed by atoms with E-state index in [0.717, 1.165) is 25.3 Å². The van der Waals surface area contributed by atoms with Crippen LogP contribution in [0.2, 0.25) is 0 Å². The van der Waals surface area contributed by atoms with Gasteiger partial charge in [-0.05, 0) is 39.3 Å². The van der Waals surface area contributed by atoms with Gasteiger partial charge in [-0.25, -0.2) is 4.98 Å². The third-order valence-corrected chi connectivity index (χ3v) is 3.77. The zero-order valence-corrected chi connectivity index (χ0v) is 12.5. The highest BCUT2D eigenvalue weighted by atomic mass is 16.2. The molecule has 5 nitrogen and oxygen atoms in total. The highest BCUT2D eigenvalue weighted by Crippen LogP contribution is 2.16. The van der Waals surface area contributed by atoms with Crippen LogP contribution >= 0.6 is 0 Å². The van der Waals surface area contributed by atoms with Crippen molar-refractivity contribution in [3.8, 4) is 0 Å². The lowest BCUT2D eigenvalue weighted by Gasteiger charge is -2.26. The van der Waals surface area contributed by atoms with Gasteiger partial charge >= 0.3 is 0 Å². The lowest BCUT2D eigenvalue weighted by Crippen LogP contribution is -2.33. The standard InChI is InChI=1S/C15H24N4O/c1-4-19(11(2)3)14-6-5-12(9-17-14)15(20)18-8-7-13(16)10-18/h5-6,9,11,13H,4,7-8,10,16H2,1-3H3/t13-/m0/s1. The van der Waals surface area contributed by atoms with E-state index in [2.05, 4.69) is 30.7 Å². The van der Waals surface area contributed by atoms with Gasteiger partial charge in [0.05, 0.1) is 5.56 Å². The van der Waals surface area contributed by atoms with Crippen LogP contribution in [0.15, 0.2) is 18.3 Å². The van der Waals surface area contributed by atoms with Gasteiger partial charge in [0.2, 0.25) is 0 Å². The van der Waals surface area contributed by atoms with Crippen LogP contribution in [0.5, 0.6) is 0 Å². The lowest BCUT2D eigenvalue weighted by molar-refractivity contribution is 0.0790. The first-order chi connectivity index (χ1) is 9.52. The summed E-state index contributed by atoms with van der Waals surface area (Å²) in [6.45, 7) is 8.67. The molecule has 20 heavy (non-hydrogen) atoms. The first kappa shape index (κ1) is 14.8. The minimum Gasteiger partial charge on any atom is -0.354 e. The van der Waals surface area contributed by atoms with E-state index in [-0.39, 0.29) is 11.9 Å². The number of aromatic nitrogens is 1. The molecule has 1 amide bonds. The van der Waals surface area contributed by atoms with E-state index in [0.29, 0.717) is 18.2 Å². The summed E-state index contributed by atoms with van der Waals surface area (Å²) < 4.78 is 0. The normalized spacial score (nSPS) is 18.6. The second-order valence-corrected chi connectivity index (χ2v) is 5.58. The maximum atomic E-state index is 12.3. The predicted molar refractivity (Wildman–Crippen MR) is 80.9 cm³/mol. The molecule has 1 saturated heterocycles. The number of carbonyl (C=O) groups is 1. The van der Waals surface area contributed by atoms with Crippen molar-refractivity contribution in [3.05, 3.63) is 23.9 Å². The molecule has 5 heteroatoms. The van der Waals surface area contributed by atoms with Gasteiger partial charge in [0.1, 0.15) is 5.82 Å². The Hall–Kier alpha value is -1.62. The van der Waals surface area contributed by atoms with Gasteiger partial charge in [0.25, 0.3) is 5.91 Å². The van der Waals surface area contributed by atoms with Gasteiger partial charge < -0.3 is 15.5 Å². The zero-order valence-electron chi connectivity index (χ0n) is 12.5. The molecule has 1 aromatic heterocycles. The fraction of sp³-hybridized carbons (Fsp3) is 0.600. The van der Waals surface area contributed by atoms with Crippen LogP contribution in [0.4, 0.5) is 5.82 Å².